The lowest BCUT2D eigenvalue weighted by atomic mass is 9.76. The van der Waals surface area contributed by atoms with Crippen LogP contribution in [0.1, 0.15) is 51.9 Å². The first-order valence-electron chi connectivity index (χ1n) is 8.41. The summed E-state index contributed by atoms with van der Waals surface area (Å²) in [5, 5.41) is 0. The number of rotatable bonds is 1. The fourth-order valence-corrected chi connectivity index (χ4v) is 4.49. The first-order chi connectivity index (χ1) is 9.58. The summed E-state index contributed by atoms with van der Waals surface area (Å²) >= 11 is 0. The van der Waals surface area contributed by atoms with Crippen LogP contribution in [0.15, 0.2) is 0 Å². The summed E-state index contributed by atoms with van der Waals surface area (Å²) < 4.78 is 0. The molecule has 4 heteroatoms. The van der Waals surface area contributed by atoms with Crippen LogP contribution in [-0.4, -0.2) is 53.5 Å². The molecule has 2 heterocycles. The van der Waals surface area contributed by atoms with Gasteiger partial charge in [-0.1, -0.05) is 19.8 Å². The van der Waals surface area contributed by atoms with Crippen molar-refractivity contribution in [3.63, 3.8) is 0 Å². The van der Waals surface area contributed by atoms with Crippen molar-refractivity contribution >= 4 is 5.91 Å². The highest BCUT2D eigenvalue weighted by Gasteiger charge is 2.42. The highest BCUT2D eigenvalue weighted by Crippen LogP contribution is 2.32. The molecule has 1 aliphatic carbocycles. The van der Waals surface area contributed by atoms with Crippen LogP contribution in [0.5, 0.6) is 0 Å². The van der Waals surface area contributed by atoms with Crippen molar-refractivity contribution in [2.24, 2.45) is 11.7 Å². The van der Waals surface area contributed by atoms with Gasteiger partial charge in [0.1, 0.15) is 0 Å². The molecule has 3 fully saturated rings. The normalized spacial score (nSPS) is 39.4. The smallest absolute Gasteiger partial charge is 0.242 e. The molecule has 4 nitrogen and oxygen atoms in total. The van der Waals surface area contributed by atoms with E-state index in [1.807, 2.05) is 0 Å². The zero-order valence-electron chi connectivity index (χ0n) is 12.8. The summed E-state index contributed by atoms with van der Waals surface area (Å²) in [6, 6.07) is 0.589. The Labute approximate surface area is 122 Å². The van der Waals surface area contributed by atoms with Crippen LogP contribution in [0.4, 0.5) is 0 Å². The zero-order valence-corrected chi connectivity index (χ0v) is 12.8. The molecule has 0 aromatic heterocycles. The van der Waals surface area contributed by atoms with Crippen molar-refractivity contribution in [3.8, 4) is 0 Å². The van der Waals surface area contributed by atoms with E-state index in [4.69, 9.17) is 5.73 Å². The summed E-state index contributed by atoms with van der Waals surface area (Å²) in [4.78, 5) is 17.6. The Balaban J connectivity index is 1.69. The van der Waals surface area contributed by atoms with Crippen LogP contribution >= 0.6 is 0 Å². The maximum absolute atomic E-state index is 12.9. The number of hydrogen-bond acceptors (Lipinski definition) is 3. The van der Waals surface area contributed by atoms with E-state index < -0.39 is 5.54 Å². The number of hydrogen-bond donors (Lipinski definition) is 1. The fourth-order valence-electron chi connectivity index (χ4n) is 4.49. The third-order valence-electron chi connectivity index (χ3n) is 5.55. The molecule has 0 radical (unpaired) electrons. The Hall–Kier alpha value is -0.610. The topological polar surface area (TPSA) is 49.6 Å². The van der Waals surface area contributed by atoms with Crippen molar-refractivity contribution in [1.82, 2.24) is 9.80 Å². The van der Waals surface area contributed by atoms with Crippen LogP contribution in [0, 0.1) is 5.92 Å². The molecular weight excluding hydrogens is 250 g/mol. The molecule has 0 aromatic carbocycles. The Kier molecular flexibility index (Phi) is 4.04. The molecule has 2 saturated heterocycles. The molecule has 0 spiro atoms. The van der Waals surface area contributed by atoms with E-state index >= 15 is 0 Å². The van der Waals surface area contributed by atoms with Gasteiger partial charge in [0, 0.05) is 25.7 Å². The van der Waals surface area contributed by atoms with E-state index in [-0.39, 0.29) is 5.91 Å². The second kappa shape index (κ2) is 5.64. The molecule has 0 aromatic rings. The minimum atomic E-state index is -0.578. The quantitative estimate of drug-likeness (QED) is 0.793. The molecule has 20 heavy (non-hydrogen) atoms. The van der Waals surface area contributed by atoms with Gasteiger partial charge in [0.05, 0.1) is 5.54 Å². The van der Waals surface area contributed by atoms with E-state index in [9.17, 15) is 4.79 Å². The van der Waals surface area contributed by atoms with Gasteiger partial charge in [-0.15, -0.1) is 0 Å². The van der Waals surface area contributed by atoms with Crippen molar-refractivity contribution in [2.45, 2.75) is 63.5 Å². The summed E-state index contributed by atoms with van der Waals surface area (Å²) in [5.41, 5.74) is 5.93. The maximum atomic E-state index is 12.9. The van der Waals surface area contributed by atoms with Gasteiger partial charge < -0.3 is 10.6 Å². The van der Waals surface area contributed by atoms with Crippen molar-refractivity contribution in [1.29, 1.82) is 0 Å². The third-order valence-corrected chi connectivity index (χ3v) is 5.55. The Morgan fingerprint density at radius 1 is 1.15 bits per heavy atom. The second-order valence-corrected chi connectivity index (χ2v) is 7.29. The van der Waals surface area contributed by atoms with Crippen molar-refractivity contribution < 1.29 is 4.79 Å². The van der Waals surface area contributed by atoms with Crippen LogP contribution in [-0.2, 0) is 4.79 Å². The summed E-state index contributed by atoms with van der Waals surface area (Å²) in [5.74, 6) is 0.824. The van der Waals surface area contributed by atoms with Crippen molar-refractivity contribution in [3.05, 3.63) is 0 Å². The van der Waals surface area contributed by atoms with Crippen molar-refractivity contribution in [2.75, 3.05) is 26.2 Å². The predicted molar refractivity (Wildman–Crippen MR) is 80.3 cm³/mol. The molecule has 3 unspecified atom stereocenters. The molecule has 2 N–H and O–H groups in total. The predicted octanol–water partition coefficient (Wildman–Crippen LogP) is 1.59. The van der Waals surface area contributed by atoms with Gasteiger partial charge in [0.15, 0.2) is 0 Å². The Morgan fingerprint density at radius 3 is 2.75 bits per heavy atom. The van der Waals surface area contributed by atoms with Crippen LogP contribution in [0.2, 0.25) is 0 Å². The first-order valence-corrected chi connectivity index (χ1v) is 8.41. The standard InChI is InChI=1S/C16H29N3O/c1-13-5-2-7-16(17,11-13)15(20)19-10-4-9-18-8-3-6-14(18)12-19/h13-14H,2-12,17H2,1H3. The maximum Gasteiger partial charge on any atom is 0.242 e. The monoisotopic (exact) mass is 279 g/mol. The first kappa shape index (κ1) is 14.3. The molecule has 3 rings (SSSR count). The molecule has 3 atom stereocenters. The van der Waals surface area contributed by atoms with E-state index in [2.05, 4.69) is 16.7 Å². The number of nitrogens with two attached hydrogens (primary N) is 1. The van der Waals surface area contributed by atoms with Gasteiger partial charge in [0.25, 0.3) is 0 Å². The lowest BCUT2D eigenvalue weighted by Gasteiger charge is -2.39. The zero-order chi connectivity index (χ0) is 14.2. The number of carbonyl (C=O) groups is 1. The number of nitrogens with zero attached hydrogens (tertiary/aromatic N) is 2. The Bertz CT molecular complexity index is 373. The van der Waals surface area contributed by atoms with E-state index in [0.29, 0.717) is 12.0 Å². The van der Waals surface area contributed by atoms with Gasteiger partial charge in [-0.2, -0.15) is 0 Å². The van der Waals surface area contributed by atoms with Crippen LogP contribution in [0.3, 0.4) is 0 Å². The van der Waals surface area contributed by atoms with Gasteiger partial charge in [-0.3, -0.25) is 9.69 Å². The van der Waals surface area contributed by atoms with Crippen LogP contribution < -0.4 is 5.73 Å². The molecule has 2 aliphatic heterocycles. The lowest BCUT2D eigenvalue weighted by molar-refractivity contribution is -0.139. The average Bonchev–Trinajstić information content (AvgIpc) is 2.75. The van der Waals surface area contributed by atoms with Gasteiger partial charge in [-0.25, -0.2) is 0 Å². The third kappa shape index (κ3) is 2.73. The molecule has 1 amide bonds. The van der Waals surface area contributed by atoms with E-state index in [1.165, 1.54) is 25.8 Å². The minimum absolute atomic E-state index is 0.234. The van der Waals surface area contributed by atoms with E-state index in [0.717, 1.165) is 45.3 Å². The molecular formula is C16H29N3O. The Morgan fingerprint density at radius 2 is 1.95 bits per heavy atom. The summed E-state index contributed by atoms with van der Waals surface area (Å²) in [6.45, 7) is 6.42. The number of amides is 1. The van der Waals surface area contributed by atoms with Gasteiger partial charge in [0.2, 0.25) is 5.91 Å². The number of carbonyl (C=O) groups excluding carboxylic acids is 1. The SMILES string of the molecule is CC1CCCC(N)(C(=O)N2CCCN3CCCC3C2)C1. The second-order valence-electron chi connectivity index (χ2n) is 7.29. The van der Waals surface area contributed by atoms with Gasteiger partial charge >= 0.3 is 0 Å². The van der Waals surface area contributed by atoms with Gasteiger partial charge in [-0.05, 0) is 44.6 Å². The summed E-state index contributed by atoms with van der Waals surface area (Å²) in [7, 11) is 0. The fraction of sp³-hybridized carbons (Fsp3) is 0.938. The number of fused-ring (bicyclic) bond motifs is 1. The minimum Gasteiger partial charge on any atom is -0.339 e. The highest BCUT2D eigenvalue weighted by atomic mass is 16.2. The molecule has 3 aliphatic rings. The largest absolute Gasteiger partial charge is 0.339 e. The molecule has 114 valence electrons. The average molecular weight is 279 g/mol. The molecule has 0 bridgehead atoms. The molecule has 1 saturated carbocycles. The summed E-state index contributed by atoms with van der Waals surface area (Å²) in [6.07, 6.45) is 7.72. The van der Waals surface area contributed by atoms with Crippen LogP contribution in [0.25, 0.3) is 0 Å². The van der Waals surface area contributed by atoms with E-state index in [1.54, 1.807) is 0 Å². The highest BCUT2D eigenvalue weighted by molar-refractivity contribution is 5.86. The lowest BCUT2D eigenvalue weighted by Crippen LogP contribution is -2.58.